The Hall–Kier alpha value is -0.240. The van der Waals surface area contributed by atoms with Crippen LogP contribution in [-0.2, 0) is 14.8 Å². The Labute approximate surface area is 83.7 Å². The number of rotatable bonds is 7. The molecule has 0 radical (unpaired) electrons. The van der Waals surface area contributed by atoms with Crippen LogP contribution in [0.25, 0.3) is 0 Å². The molecule has 0 heterocycles. The van der Waals surface area contributed by atoms with Crippen molar-refractivity contribution in [1.29, 1.82) is 0 Å². The molecule has 0 aromatic rings. The third-order valence-electron chi connectivity index (χ3n) is 1.25. The molecule has 78 valence electrons. The summed E-state index contributed by atoms with van der Waals surface area (Å²) in [6, 6.07) is 0. The molecule has 13 heavy (non-hydrogen) atoms. The first-order valence-electron chi connectivity index (χ1n) is 3.72. The third-order valence-corrected chi connectivity index (χ3v) is 2.80. The fourth-order valence-electron chi connectivity index (χ4n) is 0.595. The molecule has 3 N–H and O–H groups in total. The van der Waals surface area contributed by atoms with Crippen molar-refractivity contribution >= 4 is 27.2 Å². The van der Waals surface area contributed by atoms with Gasteiger partial charge in [-0.1, -0.05) is 12.2 Å². The van der Waals surface area contributed by atoms with E-state index in [1.165, 1.54) is 7.11 Å². The van der Waals surface area contributed by atoms with Gasteiger partial charge in [-0.15, -0.1) is 0 Å². The Morgan fingerprint density at radius 2 is 2.23 bits per heavy atom. The number of sulfonamides is 1. The van der Waals surface area contributed by atoms with Gasteiger partial charge in [-0.2, -0.15) is 0 Å². The van der Waals surface area contributed by atoms with Gasteiger partial charge in [0.25, 0.3) is 0 Å². The highest BCUT2D eigenvalue weighted by Gasteiger charge is 2.08. The molecule has 0 rings (SSSR count). The molecule has 0 saturated carbocycles. The quantitative estimate of drug-likeness (QED) is 0.557. The summed E-state index contributed by atoms with van der Waals surface area (Å²) in [4.78, 5) is 0.300. The molecule has 5 nitrogen and oxygen atoms in total. The standard InChI is InChI=1S/C6H14N2O3S2/c1-11-4-5-13(9,10)8-3-2-6(7)12/h8H,2-5H2,1H3,(H2,7,12). The lowest BCUT2D eigenvalue weighted by molar-refractivity contribution is 0.217. The van der Waals surface area contributed by atoms with Crippen LogP contribution in [0, 0.1) is 0 Å². The topological polar surface area (TPSA) is 81.4 Å². The van der Waals surface area contributed by atoms with Crippen LogP contribution in [0.4, 0.5) is 0 Å². The van der Waals surface area contributed by atoms with E-state index >= 15 is 0 Å². The summed E-state index contributed by atoms with van der Waals surface area (Å²) in [6.45, 7) is 0.434. The second-order valence-electron chi connectivity index (χ2n) is 2.42. The van der Waals surface area contributed by atoms with Crippen LogP contribution in [-0.4, -0.2) is 39.4 Å². The minimum atomic E-state index is -3.23. The first-order chi connectivity index (χ1) is 5.98. The molecule has 0 aliphatic heterocycles. The molecular formula is C6H14N2O3S2. The van der Waals surface area contributed by atoms with E-state index in [9.17, 15) is 8.42 Å². The van der Waals surface area contributed by atoms with Crippen LogP contribution in [0.15, 0.2) is 0 Å². The second-order valence-corrected chi connectivity index (χ2v) is 4.87. The normalized spacial score (nSPS) is 11.5. The van der Waals surface area contributed by atoms with E-state index in [4.69, 9.17) is 5.73 Å². The number of hydrogen-bond acceptors (Lipinski definition) is 4. The first-order valence-corrected chi connectivity index (χ1v) is 5.78. The Morgan fingerprint density at radius 3 is 2.69 bits per heavy atom. The number of nitrogens with two attached hydrogens (primary N) is 1. The van der Waals surface area contributed by atoms with Crippen LogP contribution in [0.3, 0.4) is 0 Å². The molecule has 0 aromatic heterocycles. The van der Waals surface area contributed by atoms with Crippen LogP contribution in [0.5, 0.6) is 0 Å². The van der Waals surface area contributed by atoms with E-state index in [0.29, 0.717) is 11.4 Å². The summed E-state index contributed by atoms with van der Waals surface area (Å²) in [6.07, 6.45) is 0.377. The van der Waals surface area contributed by atoms with Crippen LogP contribution in [0.2, 0.25) is 0 Å². The molecule has 0 unspecified atom stereocenters. The molecule has 0 aliphatic carbocycles. The van der Waals surface area contributed by atoms with Crippen molar-refractivity contribution in [2.24, 2.45) is 5.73 Å². The molecule has 0 fully saturated rings. The van der Waals surface area contributed by atoms with Gasteiger partial charge in [-0.05, 0) is 0 Å². The Bertz CT molecular complexity index is 251. The molecule has 0 spiro atoms. The van der Waals surface area contributed by atoms with Gasteiger partial charge in [0.2, 0.25) is 10.0 Å². The van der Waals surface area contributed by atoms with Crippen molar-refractivity contribution < 1.29 is 13.2 Å². The predicted molar refractivity (Wildman–Crippen MR) is 55.1 cm³/mol. The number of nitrogens with one attached hydrogen (secondary N) is 1. The second kappa shape index (κ2) is 6.25. The summed E-state index contributed by atoms with van der Waals surface area (Å²) in [5.41, 5.74) is 5.19. The van der Waals surface area contributed by atoms with Gasteiger partial charge in [0.15, 0.2) is 0 Å². The van der Waals surface area contributed by atoms with Crippen molar-refractivity contribution in [3.8, 4) is 0 Å². The first kappa shape index (κ1) is 12.8. The van der Waals surface area contributed by atoms with Crippen LogP contribution >= 0.6 is 12.2 Å². The van der Waals surface area contributed by atoms with E-state index in [0.717, 1.165) is 0 Å². The maximum absolute atomic E-state index is 11.1. The summed E-state index contributed by atoms with van der Waals surface area (Å²) in [5.74, 6) is -0.0408. The van der Waals surface area contributed by atoms with Gasteiger partial charge in [0.05, 0.1) is 17.3 Å². The SMILES string of the molecule is COCCS(=O)(=O)NCCC(N)=S. The number of methoxy groups -OCH3 is 1. The zero-order valence-corrected chi connectivity index (χ0v) is 9.08. The number of hydrogen-bond donors (Lipinski definition) is 2. The lowest BCUT2D eigenvalue weighted by Gasteiger charge is -2.04. The molecule has 0 saturated heterocycles. The van der Waals surface area contributed by atoms with Gasteiger partial charge < -0.3 is 10.5 Å². The van der Waals surface area contributed by atoms with E-state index in [1.54, 1.807) is 0 Å². The van der Waals surface area contributed by atoms with Gasteiger partial charge in [-0.3, -0.25) is 0 Å². The maximum atomic E-state index is 11.1. The predicted octanol–water partition coefficient (Wildman–Crippen LogP) is -0.772. The average Bonchev–Trinajstić information content (AvgIpc) is 2.00. The van der Waals surface area contributed by atoms with Crippen molar-refractivity contribution in [3.63, 3.8) is 0 Å². The van der Waals surface area contributed by atoms with Crippen molar-refractivity contribution in [2.45, 2.75) is 6.42 Å². The summed E-state index contributed by atoms with van der Waals surface area (Å²) >= 11 is 4.59. The number of thiocarbonyl (C=S) groups is 1. The largest absolute Gasteiger partial charge is 0.393 e. The summed E-state index contributed by atoms with van der Waals surface area (Å²) in [5, 5.41) is 0. The van der Waals surface area contributed by atoms with Crippen molar-refractivity contribution in [1.82, 2.24) is 4.72 Å². The smallest absolute Gasteiger partial charge is 0.213 e. The minimum Gasteiger partial charge on any atom is -0.393 e. The van der Waals surface area contributed by atoms with E-state index in [1.807, 2.05) is 0 Å². The average molecular weight is 226 g/mol. The maximum Gasteiger partial charge on any atom is 0.213 e. The van der Waals surface area contributed by atoms with Crippen molar-refractivity contribution in [2.75, 3.05) is 26.0 Å². The summed E-state index contributed by atoms with van der Waals surface area (Å²) < 4.78 is 29.2. The molecule has 0 aromatic carbocycles. The van der Waals surface area contributed by atoms with Gasteiger partial charge in [-0.25, -0.2) is 13.1 Å². The highest BCUT2D eigenvalue weighted by Crippen LogP contribution is 1.86. The lowest BCUT2D eigenvalue weighted by Crippen LogP contribution is -2.30. The Kier molecular flexibility index (Phi) is 6.13. The molecule has 7 heteroatoms. The van der Waals surface area contributed by atoms with Crippen LogP contribution < -0.4 is 10.5 Å². The highest BCUT2D eigenvalue weighted by atomic mass is 32.2. The number of ether oxygens (including phenoxy) is 1. The zero-order chi connectivity index (χ0) is 10.3. The fourth-order valence-corrected chi connectivity index (χ4v) is 1.64. The molecule has 0 aliphatic rings. The highest BCUT2D eigenvalue weighted by molar-refractivity contribution is 7.89. The lowest BCUT2D eigenvalue weighted by atomic mass is 10.4. The minimum absolute atomic E-state index is 0.0408. The van der Waals surface area contributed by atoms with E-state index in [2.05, 4.69) is 21.7 Å². The third kappa shape index (κ3) is 8.10. The Morgan fingerprint density at radius 1 is 1.62 bits per heavy atom. The molecular weight excluding hydrogens is 212 g/mol. The van der Waals surface area contributed by atoms with Gasteiger partial charge in [0.1, 0.15) is 0 Å². The molecule has 0 amide bonds. The Balaban J connectivity index is 3.70. The molecule has 0 atom stereocenters. The van der Waals surface area contributed by atoms with Gasteiger partial charge in [0, 0.05) is 20.1 Å². The summed E-state index contributed by atoms with van der Waals surface area (Å²) in [7, 11) is -1.78. The van der Waals surface area contributed by atoms with Gasteiger partial charge >= 0.3 is 0 Å². The van der Waals surface area contributed by atoms with Crippen LogP contribution in [0.1, 0.15) is 6.42 Å². The van der Waals surface area contributed by atoms with E-state index < -0.39 is 10.0 Å². The van der Waals surface area contributed by atoms with Crippen molar-refractivity contribution in [3.05, 3.63) is 0 Å². The zero-order valence-electron chi connectivity index (χ0n) is 7.45. The van der Waals surface area contributed by atoms with E-state index in [-0.39, 0.29) is 18.9 Å². The fraction of sp³-hybridized carbons (Fsp3) is 0.833. The molecule has 0 bridgehead atoms. The monoisotopic (exact) mass is 226 g/mol.